The first-order valence-corrected chi connectivity index (χ1v) is 7.53. The SMILES string of the molecule is CCCC[C@H](CC)C(=O)Nc1c(C)cccc1CC. The summed E-state index contributed by atoms with van der Waals surface area (Å²) in [7, 11) is 0. The van der Waals surface area contributed by atoms with Crippen molar-refractivity contribution in [1.82, 2.24) is 0 Å². The third kappa shape index (κ3) is 4.38. The lowest BCUT2D eigenvalue weighted by Gasteiger charge is -2.18. The number of rotatable bonds is 7. The highest BCUT2D eigenvalue weighted by molar-refractivity contribution is 5.94. The Labute approximate surface area is 117 Å². The number of aryl methyl sites for hydroxylation is 2. The van der Waals surface area contributed by atoms with Crippen molar-refractivity contribution >= 4 is 11.6 Å². The Balaban J connectivity index is 2.80. The highest BCUT2D eigenvalue weighted by Gasteiger charge is 2.17. The smallest absolute Gasteiger partial charge is 0.227 e. The van der Waals surface area contributed by atoms with Crippen LogP contribution in [-0.2, 0) is 11.2 Å². The molecule has 1 aromatic rings. The van der Waals surface area contributed by atoms with Crippen LogP contribution >= 0.6 is 0 Å². The zero-order valence-corrected chi connectivity index (χ0v) is 12.8. The maximum atomic E-state index is 12.4. The lowest BCUT2D eigenvalue weighted by Crippen LogP contribution is -2.23. The molecule has 0 aliphatic carbocycles. The van der Waals surface area contributed by atoms with E-state index in [0.29, 0.717) is 0 Å². The predicted octanol–water partition coefficient (Wildman–Crippen LogP) is 4.71. The summed E-state index contributed by atoms with van der Waals surface area (Å²) >= 11 is 0. The number of unbranched alkanes of at least 4 members (excludes halogenated alkanes) is 1. The minimum absolute atomic E-state index is 0.143. The number of nitrogens with one attached hydrogen (secondary N) is 1. The van der Waals surface area contributed by atoms with Crippen molar-refractivity contribution in [2.45, 2.75) is 59.8 Å². The number of para-hydroxylation sites is 1. The van der Waals surface area contributed by atoms with Crippen LogP contribution in [0.3, 0.4) is 0 Å². The molecule has 106 valence electrons. The fourth-order valence-electron chi connectivity index (χ4n) is 2.40. The summed E-state index contributed by atoms with van der Waals surface area (Å²) in [6.45, 7) is 8.44. The molecule has 0 saturated carbocycles. The molecule has 19 heavy (non-hydrogen) atoms. The molecule has 0 radical (unpaired) electrons. The van der Waals surface area contributed by atoms with Gasteiger partial charge in [-0.2, -0.15) is 0 Å². The molecule has 0 aliphatic heterocycles. The lowest BCUT2D eigenvalue weighted by atomic mass is 9.97. The molecule has 0 heterocycles. The second-order valence-electron chi connectivity index (χ2n) is 5.20. The van der Waals surface area contributed by atoms with Crippen molar-refractivity contribution in [2.24, 2.45) is 5.92 Å². The Morgan fingerprint density at radius 1 is 1.26 bits per heavy atom. The van der Waals surface area contributed by atoms with Crippen molar-refractivity contribution < 1.29 is 4.79 Å². The van der Waals surface area contributed by atoms with Gasteiger partial charge in [0.25, 0.3) is 0 Å². The van der Waals surface area contributed by atoms with Crippen LogP contribution in [0.5, 0.6) is 0 Å². The topological polar surface area (TPSA) is 29.1 Å². The Bertz CT molecular complexity index is 412. The van der Waals surface area contributed by atoms with Crippen LogP contribution in [0.4, 0.5) is 5.69 Å². The molecule has 1 N–H and O–H groups in total. The molecule has 0 unspecified atom stereocenters. The van der Waals surface area contributed by atoms with Crippen molar-refractivity contribution in [3.8, 4) is 0 Å². The normalized spacial score (nSPS) is 12.2. The first kappa shape index (κ1) is 15.7. The van der Waals surface area contributed by atoms with Gasteiger partial charge in [-0.05, 0) is 37.3 Å². The molecular formula is C17H27NO. The molecule has 1 amide bonds. The molecule has 0 aliphatic rings. The zero-order chi connectivity index (χ0) is 14.3. The average molecular weight is 261 g/mol. The van der Waals surface area contributed by atoms with E-state index < -0.39 is 0 Å². The molecule has 0 fully saturated rings. The van der Waals surface area contributed by atoms with E-state index in [1.807, 2.05) is 0 Å². The summed E-state index contributed by atoms with van der Waals surface area (Å²) in [5.74, 6) is 0.323. The van der Waals surface area contributed by atoms with Crippen molar-refractivity contribution in [2.75, 3.05) is 5.32 Å². The molecule has 0 spiro atoms. The maximum absolute atomic E-state index is 12.4. The maximum Gasteiger partial charge on any atom is 0.227 e. The minimum atomic E-state index is 0.143. The number of carbonyl (C=O) groups is 1. The fraction of sp³-hybridized carbons (Fsp3) is 0.588. The van der Waals surface area contributed by atoms with Crippen LogP contribution in [-0.4, -0.2) is 5.91 Å². The highest BCUT2D eigenvalue weighted by atomic mass is 16.1. The quantitative estimate of drug-likeness (QED) is 0.756. The number of amides is 1. The highest BCUT2D eigenvalue weighted by Crippen LogP contribution is 2.23. The molecule has 2 nitrogen and oxygen atoms in total. The monoisotopic (exact) mass is 261 g/mol. The first-order chi connectivity index (χ1) is 9.13. The van der Waals surface area contributed by atoms with E-state index in [1.54, 1.807) is 0 Å². The molecule has 1 atom stereocenters. The van der Waals surface area contributed by atoms with Gasteiger partial charge in [-0.25, -0.2) is 0 Å². The van der Waals surface area contributed by atoms with Crippen LogP contribution < -0.4 is 5.32 Å². The van der Waals surface area contributed by atoms with Crippen molar-refractivity contribution in [3.05, 3.63) is 29.3 Å². The summed E-state index contributed by atoms with van der Waals surface area (Å²) in [6, 6.07) is 6.20. The Morgan fingerprint density at radius 3 is 2.58 bits per heavy atom. The molecule has 1 rings (SSSR count). The molecule has 0 saturated heterocycles. The standard InChI is InChI=1S/C17H27NO/c1-5-8-11-15(7-3)17(19)18-16-13(4)10-9-12-14(16)6-2/h9-10,12,15H,5-8,11H2,1-4H3,(H,18,19)/t15-/m0/s1. The Morgan fingerprint density at radius 2 is 2.00 bits per heavy atom. The van der Waals surface area contributed by atoms with E-state index in [1.165, 1.54) is 5.56 Å². The van der Waals surface area contributed by atoms with Crippen LogP contribution in [0.15, 0.2) is 18.2 Å². The summed E-state index contributed by atoms with van der Waals surface area (Å²) in [6.07, 6.45) is 5.13. The van der Waals surface area contributed by atoms with E-state index in [0.717, 1.165) is 43.4 Å². The van der Waals surface area contributed by atoms with Gasteiger partial charge in [0.1, 0.15) is 0 Å². The molecule has 1 aromatic carbocycles. The van der Waals surface area contributed by atoms with Gasteiger partial charge in [-0.1, -0.05) is 51.8 Å². The van der Waals surface area contributed by atoms with E-state index >= 15 is 0 Å². The summed E-state index contributed by atoms with van der Waals surface area (Å²) in [5, 5.41) is 3.15. The second-order valence-corrected chi connectivity index (χ2v) is 5.20. The van der Waals surface area contributed by atoms with E-state index in [9.17, 15) is 4.79 Å². The second kappa shape index (κ2) is 7.98. The number of hydrogen-bond acceptors (Lipinski definition) is 1. The predicted molar refractivity (Wildman–Crippen MR) is 82.5 cm³/mol. The number of hydrogen-bond donors (Lipinski definition) is 1. The van der Waals surface area contributed by atoms with Gasteiger partial charge in [0.2, 0.25) is 5.91 Å². The van der Waals surface area contributed by atoms with Gasteiger partial charge >= 0.3 is 0 Å². The first-order valence-electron chi connectivity index (χ1n) is 7.53. The van der Waals surface area contributed by atoms with Crippen molar-refractivity contribution in [1.29, 1.82) is 0 Å². The molecule has 0 bridgehead atoms. The van der Waals surface area contributed by atoms with Gasteiger partial charge in [0.15, 0.2) is 0 Å². The van der Waals surface area contributed by atoms with E-state index in [-0.39, 0.29) is 11.8 Å². The average Bonchev–Trinajstić information content (AvgIpc) is 2.42. The van der Waals surface area contributed by atoms with Gasteiger partial charge in [0, 0.05) is 11.6 Å². The third-order valence-electron chi connectivity index (χ3n) is 3.76. The number of carbonyl (C=O) groups excluding carboxylic acids is 1. The van der Waals surface area contributed by atoms with Gasteiger partial charge in [0.05, 0.1) is 0 Å². The van der Waals surface area contributed by atoms with Gasteiger partial charge in [-0.3, -0.25) is 4.79 Å². The summed E-state index contributed by atoms with van der Waals surface area (Å²) in [4.78, 5) is 12.4. The molecule has 2 heteroatoms. The Kier molecular flexibility index (Phi) is 6.61. The van der Waals surface area contributed by atoms with Gasteiger partial charge in [-0.15, -0.1) is 0 Å². The largest absolute Gasteiger partial charge is 0.325 e. The van der Waals surface area contributed by atoms with Crippen LogP contribution in [0.1, 0.15) is 57.6 Å². The van der Waals surface area contributed by atoms with Crippen LogP contribution in [0.25, 0.3) is 0 Å². The summed E-state index contributed by atoms with van der Waals surface area (Å²) < 4.78 is 0. The number of benzene rings is 1. The molecular weight excluding hydrogens is 234 g/mol. The van der Waals surface area contributed by atoms with Crippen LogP contribution in [0, 0.1) is 12.8 Å². The number of anilines is 1. The minimum Gasteiger partial charge on any atom is -0.325 e. The zero-order valence-electron chi connectivity index (χ0n) is 12.8. The summed E-state index contributed by atoms with van der Waals surface area (Å²) in [5.41, 5.74) is 3.39. The Hall–Kier alpha value is -1.31. The van der Waals surface area contributed by atoms with Crippen molar-refractivity contribution in [3.63, 3.8) is 0 Å². The lowest BCUT2D eigenvalue weighted by molar-refractivity contribution is -0.120. The third-order valence-corrected chi connectivity index (χ3v) is 3.76. The molecule has 0 aromatic heterocycles. The fourth-order valence-corrected chi connectivity index (χ4v) is 2.40. The van der Waals surface area contributed by atoms with E-state index in [2.05, 4.69) is 51.2 Å². The van der Waals surface area contributed by atoms with Gasteiger partial charge < -0.3 is 5.32 Å². The van der Waals surface area contributed by atoms with E-state index in [4.69, 9.17) is 0 Å². The van der Waals surface area contributed by atoms with Crippen LogP contribution in [0.2, 0.25) is 0 Å².